The fourth-order valence-electron chi connectivity index (χ4n) is 2.78. The van der Waals surface area contributed by atoms with E-state index in [0.29, 0.717) is 23.9 Å². The van der Waals surface area contributed by atoms with Crippen molar-refractivity contribution < 1.29 is 9.53 Å². The molecule has 1 saturated carbocycles. The Morgan fingerprint density at radius 3 is 2.81 bits per heavy atom. The number of benzene rings is 1. The third kappa shape index (κ3) is 3.70. The molecule has 2 N–H and O–H groups in total. The molecule has 0 unspecified atom stereocenters. The molecule has 7 heteroatoms. The van der Waals surface area contributed by atoms with Crippen LogP contribution in [0.4, 0.5) is 0 Å². The summed E-state index contributed by atoms with van der Waals surface area (Å²) in [5.74, 6) is 0.736. The maximum absolute atomic E-state index is 12.1. The number of amides is 1. The molecule has 0 radical (unpaired) electrons. The molecule has 1 aliphatic rings. The van der Waals surface area contributed by atoms with Crippen LogP contribution in [0.5, 0.6) is 5.75 Å². The first-order valence-electron chi connectivity index (χ1n) is 8.39. The van der Waals surface area contributed by atoms with Gasteiger partial charge in [-0.05, 0) is 37.1 Å². The Kier molecular flexibility index (Phi) is 4.63. The molecule has 4 nitrogen and oxygen atoms in total. The topological polar surface area (TPSA) is 54.1 Å². The van der Waals surface area contributed by atoms with Crippen molar-refractivity contribution in [1.29, 1.82) is 0 Å². The van der Waals surface area contributed by atoms with Crippen molar-refractivity contribution in [2.45, 2.75) is 32.9 Å². The molecular weight excluding hydrogens is 391 g/mol. The Bertz CT molecular complexity index is 975. The van der Waals surface area contributed by atoms with Crippen molar-refractivity contribution in [3.8, 4) is 5.75 Å². The van der Waals surface area contributed by atoms with Crippen LogP contribution in [0.15, 0.2) is 30.3 Å². The second-order valence-corrected chi connectivity index (χ2v) is 9.11. The van der Waals surface area contributed by atoms with Crippen molar-refractivity contribution in [1.82, 2.24) is 10.3 Å². The minimum Gasteiger partial charge on any atom is -0.486 e. The molecule has 0 bridgehead atoms. The molecule has 0 spiro atoms. The highest BCUT2D eigenvalue weighted by atomic mass is 35.5. The normalized spacial score (nSPS) is 15.2. The highest BCUT2D eigenvalue weighted by Crippen LogP contribution is 2.45. The van der Waals surface area contributed by atoms with Crippen LogP contribution in [-0.2, 0) is 17.9 Å². The van der Waals surface area contributed by atoms with Gasteiger partial charge in [0.15, 0.2) is 0 Å². The Balaban J connectivity index is 1.46. The standard InChI is InChI=1S/C19H18Cl2N2O2S/c1-19(4-5-19)18(24)22-9-12-6-11-7-14(20)16(8-15(11)23-12)25-10-13-2-3-17(21)26-13/h2-3,6-8,23H,4-5,9-10H2,1H3,(H,22,24). The Morgan fingerprint density at radius 1 is 1.31 bits per heavy atom. The molecule has 1 aromatic carbocycles. The molecule has 2 heterocycles. The summed E-state index contributed by atoms with van der Waals surface area (Å²) < 4.78 is 6.57. The number of halogens is 2. The third-order valence-electron chi connectivity index (χ3n) is 4.72. The van der Waals surface area contributed by atoms with Gasteiger partial charge in [0, 0.05) is 33.0 Å². The lowest BCUT2D eigenvalue weighted by molar-refractivity contribution is -0.125. The van der Waals surface area contributed by atoms with E-state index in [9.17, 15) is 4.79 Å². The van der Waals surface area contributed by atoms with Gasteiger partial charge in [0.1, 0.15) is 12.4 Å². The molecule has 0 atom stereocenters. The van der Waals surface area contributed by atoms with Gasteiger partial charge in [-0.3, -0.25) is 4.79 Å². The van der Waals surface area contributed by atoms with E-state index >= 15 is 0 Å². The summed E-state index contributed by atoms with van der Waals surface area (Å²) in [6, 6.07) is 9.55. The molecule has 1 fully saturated rings. The number of fused-ring (bicyclic) bond motifs is 1. The van der Waals surface area contributed by atoms with E-state index in [4.69, 9.17) is 27.9 Å². The molecule has 0 aliphatic heterocycles. The molecule has 136 valence electrons. The first-order chi connectivity index (χ1) is 12.4. The average molecular weight is 409 g/mol. The van der Waals surface area contributed by atoms with Gasteiger partial charge >= 0.3 is 0 Å². The van der Waals surface area contributed by atoms with Gasteiger partial charge in [-0.1, -0.05) is 30.1 Å². The fraction of sp³-hybridized carbons (Fsp3) is 0.316. The highest BCUT2D eigenvalue weighted by Gasteiger charge is 2.44. The zero-order chi connectivity index (χ0) is 18.3. The van der Waals surface area contributed by atoms with Gasteiger partial charge in [-0.25, -0.2) is 0 Å². The predicted molar refractivity (Wildman–Crippen MR) is 106 cm³/mol. The van der Waals surface area contributed by atoms with Crippen LogP contribution in [0.25, 0.3) is 10.9 Å². The number of hydrogen-bond donors (Lipinski definition) is 2. The van der Waals surface area contributed by atoms with Gasteiger partial charge in [-0.15, -0.1) is 11.3 Å². The maximum Gasteiger partial charge on any atom is 0.226 e. The van der Waals surface area contributed by atoms with Gasteiger partial charge < -0.3 is 15.0 Å². The van der Waals surface area contributed by atoms with E-state index in [1.807, 2.05) is 37.3 Å². The second kappa shape index (κ2) is 6.80. The maximum atomic E-state index is 12.1. The van der Waals surface area contributed by atoms with Crippen LogP contribution in [0.2, 0.25) is 9.36 Å². The smallest absolute Gasteiger partial charge is 0.226 e. The van der Waals surface area contributed by atoms with E-state index in [0.717, 1.165) is 38.7 Å². The van der Waals surface area contributed by atoms with Crippen LogP contribution in [0.3, 0.4) is 0 Å². The number of hydrogen-bond acceptors (Lipinski definition) is 3. The molecule has 3 aromatic rings. The second-order valence-electron chi connectivity index (χ2n) is 6.90. The first kappa shape index (κ1) is 17.7. The monoisotopic (exact) mass is 408 g/mol. The molecule has 26 heavy (non-hydrogen) atoms. The fourth-order valence-corrected chi connectivity index (χ4v) is 4.01. The number of ether oxygens (including phenoxy) is 1. The number of thiophene rings is 1. The van der Waals surface area contributed by atoms with Crippen LogP contribution < -0.4 is 10.1 Å². The highest BCUT2D eigenvalue weighted by molar-refractivity contribution is 7.16. The predicted octanol–water partition coefficient (Wildman–Crippen LogP) is 5.53. The van der Waals surface area contributed by atoms with Crippen LogP contribution in [-0.4, -0.2) is 10.9 Å². The number of aromatic amines is 1. The summed E-state index contributed by atoms with van der Waals surface area (Å²) in [5, 5.41) is 4.54. The minimum absolute atomic E-state index is 0.118. The van der Waals surface area contributed by atoms with Crippen LogP contribution in [0.1, 0.15) is 30.3 Å². The Hall–Kier alpha value is -1.69. The van der Waals surface area contributed by atoms with Crippen molar-refractivity contribution in [2.24, 2.45) is 5.41 Å². The number of carbonyl (C=O) groups excluding carboxylic acids is 1. The molecule has 1 amide bonds. The number of carbonyl (C=O) groups is 1. The average Bonchev–Trinajstić information content (AvgIpc) is 3.04. The van der Waals surface area contributed by atoms with Crippen molar-refractivity contribution in [3.05, 3.63) is 50.3 Å². The summed E-state index contributed by atoms with van der Waals surface area (Å²) in [7, 11) is 0. The summed E-state index contributed by atoms with van der Waals surface area (Å²) in [6.45, 7) is 2.90. The van der Waals surface area contributed by atoms with Crippen molar-refractivity contribution in [3.63, 3.8) is 0 Å². The van der Waals surface area contributed by atoms with Gasteiger partial charge in [-0.2, -0.15) is 0 Å². The third-order valence-corrected chi connectivity index (χ3v) is 6.22. The van der Waals surface area contributed by atoms with Crippen molar-refractivity contribution >= 4 is 51.3 Å². The van der Waals surface area contributed by atoms with Gasteiger partial charge in [0.05, 0.1) is 15.9 Å². The van der Waals surface area contributed by atoms with E-state index < -0.39 is 0 Å². The molecule has 4 rings (SSSR count). The molecular formula is C19H18Cl2N2O2S. The summed E-state index contributed by atoms with van der Waals surface area (Å²) in [5.41, 5.74) is 1.70. The largest absolute Gasteiger partial charge is 0.486 e. The SMILES string of the molecule is CC1(C(=O)NCc2cc3cc(Cl)c(OCc4ccc(Cl)s4)cc3[nH]2)CC1. The number of aromatic nitrogens is 1. The first-order valence-corrected chi connectivity index (χ1v) is 9.97. The lowest BCUT2D eigenvalue weighted by atomic mass is 10.1. The number of nitrogens with one attached hydrogen (secondary N) is 2. The van der Waals surface area contributed by atoms with Crippen LogP contribution >= 0.6 is 34.5 Å². The molecule has 2 aromatic heterocycles. The molecule has 0 saturated heterocycles. The van der Waals surface area contributed by atoms with Gasteiger partial charge in [0.2, 0.25) is 5.91 Å². The quantitative estimate of drug-likeness (QED) is 0.562. The summed E-state index contributed by atoms with van der Waals surface area (Å²) >= 11 is 13.8. The summed E-state index contributed by atoms with van der Waals surface area (Å²) in [4.78, 5) is 16.4. The van der Waals surface area contributed by atoms with E-state index in [1.54, 1.807) is 0 Å². The van der Waals surface area contributed by atoms with E-state index in [1.165, 1.54) is 11.3 Å². The Labute approximate surface area is 165 Å². The number of H-pyrrole nitrogens is 1. The Morgan fingerprint density at radius 2 is 2.12 bits per heavy atom. The zero-order valence-corrected chi connectivity index (χ0v) is 16.5. The lowest BCUT2D eigenvalue weighted by Crippen LogP contribution is -2.29. The van der Waals surface area contributed by atoms with Crippen molar-refractivity contribution in [2.75, 3.05) is 0 Å². The zero-order valence-electron chi connectivity index (χ0n) is 14.2. The van der Waals surface area contributed by atoms with Gasteiger partial charge in [0.25, 0.3) is 0 Å². The van der Waals surface area contributed by atoms with E-state index in [-0.39, 0.29) is 11.3 Å². The minimum atomic E-state index is -0.166. The molecule has 1 aliphatic carbocycles. The van der Waals surface area contributed by atoms with Crippen LogP contribution in [0, 0.1) is 5.41 Å². The lowest BCUT2D eigenvalue weighted by Gasteiger charge is -2.08. The summed E-state index contributed by atoms with van der Waals surface area (Å²) in [6.07, 6.45) is 1.94. The van der Waals surface area contributed by atoms with E-state index in [2.05, 4.69) is 10.3 Å². The number of rotatable bonds is 6.